The number of carboxylic acids is 2. The summed E-state index contributed by atoms with van der Waals surface area (Å²) in [6.07, 6.45) is -0.642. The minimum absolute atomic E-state index is 0.642. The van der Waals surface area contributed by atoms with Crippen molar-refractivity contribution >= 4 is 23.8 Å². The number of carbonyl (C=O) groups is 4. The van der Waals surface area contributed by atoms with E-state index in [1.807, 2.05) is 10.6 Å². The average molecular weight is 291 g/mol. The third-order valence-corrected chi connectivity index (χ3v) is 2.28. The maximum Gasteiger partial charge on any atom is 0.325 e. The zero-order chi connectivity index (χ0) is 15.9. The Labute approximate surface area is 113 Å². The second kappa shape index (κ2) is 8.07. The van der Waals surface area contributed by atoms with Crippen LogP contribution in [0.1, 0.15) is 13.3 Å². The summed E-state index contributed by atoms with van der Waals surface area (Å²) in [5.74, 6) is -4.44. The van der Waals surface area contributed by atoms with Crippen LogP contribution in [0.5, 0.6) is 0 Å². The highest BCUT2D eigenvalue weighted by atomic mass is 16.4. The molecule has 0 rings (SSSR count). The number of hydrogen-bond donors (Lipinski definition) is 6. The first-order valence-corrected chi connectivity index (χ1v) is 5.60. The number of rotatable bonds is 8. The number of hydrogen-bond acceptors (Lipinski definition) is 6. The summed E-state index contributed by atoms with van der Waals surface area (Å²) < 4.78 is 0. The van der Waals surface area contributed by atoms with Crippen LogP contribution in [0.15, 0.2) is 0 Å². The summed E-state index contributed by atoms with van der Waals surface area (Å²) in [6.45, 7) is 0.413. The first-order valence-electron chi connectivity index (χ1n) is 5.60. The molecule has 0 saturated carbocycles. The molecule has 0 aromatic heterocycles. The minimum Gasteiger partial charge on any atom is -0.481 e. The number of nitrogens with two attached hydrogens (primary N) is 1. The van der Waals surface area contributed by atoms with E-state index in [9.17, 15) is 19.2 Å². The van der Waals surface area contributed by atoms with Gasteiger partial charge in [0.1, 0.15) is 12.1 Å². The van der Waals surface area contributed by atoms with Crippen LogP contribution in [-0.4, -0.2) is 63.8 Å². The van der Waals surface area contributed by atoms with Gasteiger partial charge in [0.2, 0.25) is 11.8 Å². The van der Waals surface area contributed by atoms with E-state index in [1.165, 1.54) is 6.92 Å². The van der Waals surface area contributed by atoms with Gasteiger partial charge in [-0.1, -0.05) is 0 Å². The van der Waals surface area contributed by atoms with Crippen molar-refractivity contribution in [2.75, 3.05) is 6.61 Å². The van der Waals surface area contributed by atoms with E-state index >= 15 is 0 Å². The summed E-state index contributed by atoms with van der Waals surface area (Å²) >= 11 is 0. The van der Waals surface area contributed by atoms with Crippen molar-refractivity contribution < 1.29 is 34.5 Å². The lowest BCUT2D eigenvalue weighted by Gasteiger charge is -2.19. The number of carboxylic acid groups (broad SMARTS) is 2. The molecule has 0 saturated heterocycles. The third-order valence-electron chi connectivity index (χ3n) is 2.28. The molecule has 0 aromatic carbocycles. The van der Waals surface area contributed by atoms with Crippen molar-refractivity contribution in [1.29, 1.82) is 0 Å². The monoisotopic (exact) mass is 291 g/mol. The Kier molecular flexibility index (Phi) is 7.18. The van der Waals surface area contributed by atoms with E-state index in [4.69, 9.17) is 21.1 Å². The Morgan fingerprint density at radius 3 is 2.05 bits per heavy atom. The molecule has 10 nitrogen and oxygen atoms in total. The number of aliphatic hydroxyl groups is 1. The van der Waals surface area contributed by atoms with Crippen LogP contribution in [0.25, 0.3) is 0 Å². The van der Waals surface area contributed by atoms with Gasteiger partial charge in [-0.25, -0.2) is 0 Å². The molecule has 0 aliphatic rings. The van der Waals surface area contributed by atoms with Gasteiger partial charge in [-0.05, 0) is 6.92 Å². The first-order chi connectivity index (χ1) is 9.18. The first kappa shape index (κ1) is 17.8. The second-order valence-corrected chi connectivity index (χ2v) is 4.02. The Balaban J connectivity index is 4.53. The van der Waals surface area contributed by atoms with Gasteiger partial charge in [0.05, 0.1) is 19.1 Å². The molecule has 10 heteroatoms. The highest BCUT2D eigenvalue weighted by Crippen LogP contribution is 1.92. The van der Waals surface area contributed by atoms with Crippen LogP contribution in [0.3, 0.4) is 0 Å². The van der Waals surface area contributed by atoms with Gasteiger partial charge in [-0.3, -0.25) is 19.2 Å². The summed E-state index contributed by atoms with van der Waals surface area (Å²) in [5.41, 5.74) is 5.27. The molecule has 0 aliphatic heterocycles. The Morgan fingerprint density at radius 2 is 1.65 bits per heavy atom. The van der Waals surface area contributed by atoms with Gasteiger partial charge in [0, 0.05) is 0 Å². The van der Waals surface area contributed by atoms with Crippen LogP contribution in [0.2, 0.25) is 0 Å². The van der Waals surface area contributed by atoms with E-state index in [1.54, 1.807) is 0 Å². The smallest absolute Gasteiger partial charge is 0.325 e. The van der Waals surface area contributed by atoms with Crippen molar-refractivity contribution in [2.45, 2.75) is 31.5 Å². The molecule has 0 fully saturated rings. The SMILES string of the molecule is CC(NC(=O)C(CO)NC(=O)C(N)CC(=O)O)C(=O)O. The predicted octanol–water partition coefficient (Wildman–Crippen LogP) is -3.15. The van der Waals surface area contributed by atoms with E-state index in [2.05, 4.69) is 0 Å². The van der Waals surface area contributed by atoms with Crippen LogP contribution in [-0.2, 0) is 19.2 Å². The molecule has 7 N–H and O–H groups in total. The summed E-state index contributed by atoms with van der Waals surface area (Å²) in [4.78, 5) is 43.9. The van der Waals surface area contributed by atoms with Gasteiger partial charge >= 0.3 is 11.9 Å². The Bertz CT molecular complexity index is 398. The quantitative estimate of drug-likeness (QED) is 0.271. The van der Waals surface area contributed by atoms with Crippen molar-refractivity contribution in [1.82, 2.24) is 10.6 Å². The third kappa shape index (κ3) is 6.11. The lowest BCUT2D eigenvalue weighted by molar-refractivity contribution is -0.142. The van der Waals surface area contributed by atoms with Crippen LogP contribution in [0, 0.1) is 0 Å². The molecule has 3 unspecified atom stereocenters. The molecule has 114 valence electrons. The molecule has 0 radical (unpaired) electrons. The van der Waals surface area contributed by atoms with E-state index < -0.39 is 54.9 Å². The van der Waals surface area contributed by atoms with Gasteiger partial charge in [0.15, 0.2) is 0 Å². The van der Waals surface area contributed by atoms with Gasteiger partial charge in [-0.15, -0.1) is 0 Å². The van der Waals surface area contributed by atoms with Gasteiger partial charge in [0.25, 0.3) is 0 Å². The van der Waals surface area contributed by atoms with Crippen LogP contribution >= 0.6 is 0 Å². The van der Waals surface area contributed by atoms with E-state index in [0.717, 1.165) is 0 Å². The fourth-order valence-electron chi connectivity index (χ4n) is 1.13. The maximum atomic E-state index is 11.6. The lowest BCUT2D eigenvalue weighted by atomic mass is 10.2. The van der Waals surface area contributed by atoms with Crippen molar-refractivity contribution in [3.05, 3.63) is 0 Å². The van der Waals surface area contributed by atoms with Crippen molar-refractivity contribution in [3.63, 3.8) is 0 Å². The van der Waals surface area contributed by atoms with Crippen molar-refractivity contribution in [2.24, 2.45) is 5.73 Å². The Morgan fingerprint density at radius 1 is 1.10 bits per heavy atom. The molecule has 0 bridgehead atoms. The zero-order valence-corrected chi connectivity index (χ0v) is 10.7. The molecule has 2 amide bonds. The lowest BCUT2D eigenvalue weighted by Crippen LogP contribution is -2.55. The molecule has 0 heterocycles. The number of aliphatic hydroxyl groups excluding tert-OH is 1. The number of carbonyl (C=O) groups excluding carboxylic acids is 2. The number of aliphatic carboxylic acids is 2. The maximum absolute atomic E-state index is 11.6. The molecule has 0 spiro atoms. The summed E-state index contributed by atoms with van der Waals surface area (Å²) in [7, 11) is 0. The summed E-state index contributed by atoms with van der Waals surface area (Å²) in [5, 5.41) is 30.1. The van der Waals surface area contributed by atoms with E-state index in [0.29, 0.717) is 0 Å². The van der Waals surface area contributed by atoms with Crippen molar-refractivity contribution in [3.8, 4) is 0 Å². The highest BCUT2D eigenvalue weighted by Gasteiger charge is 2.26. The Hall–Kier alpha value is -2.20. The molecular weight excluding hydrogens is 274 g/mol. The van der Waals surface area contributed by atoms with Gasteiger partial charge in [-0.2, -0.15) is 0 Å². The van der Waals surface area contributed by atoms with E-state index in [-0.39, 0.29) is 0 Å². The largest absolute Gasteiger partial charge is 0.481 e. The fourth-order valence-corrected chi connectivity index (χ4v) is 1.13. The highest BCUT2D eigenvalue weighted by molar-refractivity contribution is 5.92. The zero-order valence-electron chi connectivity index (χ0n) is 10.7. The number of amides is 2. The average Bonchev–Trinajstić information content (AvgIpc) is 2.34. The predicted molar refractivity (Wildman–Crippen MR) is 64.5 cm³/mol. The molecule has 0 aliphatic carbocycles. The standard InChI is InChI=1S/C10H17N3O7/c1-4(10(19)20)12-9(18)6(3-14)13-8(17)5(11)2-7(15)16/h4-6,14H,2-3,11H2,1H3,(H,12,18)(H,13,17)(H,15,16)(H,19,20). The normalized spacial score (nSPS) is 14.8. The fraction of sp³-hybridized carbons (Fsp3) is 0.600. The second-order valence-electron chi connectivity index (χ2n) is 4.02. The minimum atomic E-state index is -1.41. The summed E-state index contributed by atoms with van der Waals surface area (Å²) in [6, 6.07) is -4.00. The molecular formula is C10H17N3O7. The van der Waals surface area contributed by atoms with Crippen LogP contribution < -0.4 is 16.4 Å². The van der Waals surface area contributed by atoms with Gasteiger partial charge < -0.3 is 31.7 Å². The molecule has 3 atom stereocenters. The van der Waals surface area contributed by atoms with Crippen LogP contribution in [0.4, 0.5) is 0 Å². The topological polar surface area (TPSA) is 179 Å². The molecule has 0 aromatic rings. The number of nitrogens with one attached hydrogen (secondary N) is 2. The molecule has 20 heavy (non-hydrogen) atoms.